The third-order valence-electron chi connectivity index (χ3n) is 3.62. The number of nitrogens with one attached hydrogen (secondary N) is 2. The molecule has 2 aliphatic heterocycles. The molecule has 0 aromatic heterocycles. The van der Waals surface area contributed by atoms with E-state index >= 15 is 0 Å². The van der Waals surface area contributed by atoms with E-state index in [0.717, 1.165) is 4.31 Å². The molecule has 3 N–H and O–H groups in total. The number of carbonyl (C=O) groups is 2. The van der Waals surface area contributed by atoms with E-state index in [9.17, 15) is 18.0 Å². The van der Waals surface area contributed by atoms with Gasteiger partial charge in [0.2, 0.25) is 5.91 Å². The predicted molar refractivity (Wildman–Crippen MR) is 70.1 cm³/mol. The summed E-state index contributed by atoms with van der Waals surface area (Å²) in [7, 11) is -3.97. The van der Waals surface area contributed by atoms with Crippen LogP contribution < -0.4 is 10.0 Å². The molecule has 20 heavy (non-hydrogen) atoms. The molecule has 0 aromatic rings. The maximum atomic E-state index is 12.3. The Kier molecular flexibility index (Phi) is 4.61. The number of aliphatic carboxylic acids is 1. The molecule has 2 aliphatic rings. The van der Waals surface area contributed by atoms with Gasteiger partial charge in [0, 0.05) is 13.1 Å². The van der Waals surface area contributed by atoms with Crippen molar-refractivity contribution in [2.75, 3.05) is 13.1 Å². The zero-order valence-electron chi connectivity index (χ0n) is 11.0. The van der Waals surface area contributed by atoms with Crippen LogP contribution in [-0.2, 0) is 19.8 Å². The van der Waals surface area contributed by atoms with Crippen molar-refractivity contribution in [3.63, 3.8) is 0 Å². The maximum Gasteiger partial charge on any atom is 0.322 e. The minimum Gasteiger partial charge on any atom is -0.480 e. The molecule has 2 rings (SSSR count). The summed E-state index contributed by atoms with van der Waals surface area (Å²) in [6.45, 7) is 0.708. The van der Waals surface area contributed by atoms with E-state index in [1.165, 1.54) is 0 Å². The summed E-state index contributed by atoms with van der Waals surface area (Å²) < 4.78 is 27.9. The number of hydrogen-bond donors (Lipinski definition) is 3. The van der Waals surface area contributed by atoms with Crippen molar-refractivity contribution in [3.05, 3.63) is 0 Å². The Balaban J connectivity index is 2.11. The second-order valence-electron chi connectivity index (χ2n) is 5.07. The summed E-state index contributed by atoms with van der Waals surface area (Å²) in [6.07, 6.45) is 2.74. The molecule has 0 saturated carbocycles. The molecule has 8 nitrogen and oxygen atoms in total. The van der Waals surface area contributed by atoms with Crippen LogP contribution in [-0.4, -0.2) is 54.9 Å². The van der Waals surface area contributed by atoms with E-state index in [1.807, 2.05) is 0 Å². The van der Waals surface area contributed by atoms with Gasteiger partial charge in [-0.1, -0.05) is 0 Å². The van der Waals surface area contributed by atoms with Gasteiger partial charge in [-0.2, -0.15) is 17.4 Å². The fourth-order valence-corrected chi connectivity index (χ4v) is 4.19. The van der Waals surface area contributed by atoms with Crippen LogP contribution in [0.1, 0.15) is 32.1 Å². The molecule has 0 aromatic carbocycles. The maximum absolute atomic E-state index is 12.3. The topological polar surface area (TPSA) is 116 Å². The lowest BCUT2D eigenvalue weighted by molar-refractivity contribution is -0.142. The zero-order chi connectivity index (χ0) is 14.8. The van der Waals surface area contributed by atoms with Crippen molar-refractivity contribution in [3.8, 4) is 0 Å². The van der Waals surface area contributed by atoms with Gasteiger partial charge < -0.3 is 10.4 Å². The highest BCUT2D eigenvalue weighted by atomic mass is 32.2. The van der Waals surface area contributed by atoms with Crippen molar-refractivity contribution >= 4 is 22.1 Å². The van der Waals surface area contributed by atoms with Gasteiger partial charge in [0.15, 0.2) is 0 Å². The number of piperidine rings is 2. The fraction of sp³-hybridized carbons (Fsp3) is 0.818. The van der Waals surface area contributed by atoms with Gasteiger partial charge in [0.25, 0.3) is 10.2 Å². The number of rotatable bonds is 4. The van der Waals surface area contributed by atoms with Gasteiger partial charge in [0.1, 0.15) is 12.1 Å². The van der Waals surface area contributed by atoms with Gasteiger partial charge in [-0.15, -0.1) is 0 Å². The molecule has 0 bridgehead atoms. The van der Waals surface area contributed by atoms with Gasteiger partial charge in [-0.3, -0.25) is 9.59 Å². The number of hydrogen-bond acceptors (Lipinski definition) is 4. The summed E-state index contributed by atoms with van der Waals surface area (Å²) in [6, 6.07) is -1.86. The lowest BCUT2D eigenvalue weighted by Crippen LogP contribution is -2.57. The summed E-state index contributed by atoms with van der Waals surface area (Å²) in [4.78, 5) is 22.8. The van der Waals surface area contributed by atoms with E-state index in [2.05, 4.69) is 10.0 Å². The zero-order valence-corrected chi connectivity index (χ0v) is 11.9. The smallest absolute Gasteiger partial charge is 0.322 e. The molecule has 2 unspecified atom stereocenters. The first-order chi connectivity index (χ1) is 9.42. The summed E-state index contributed by atoms with van der Waals surface area (Å²) in [5, 5.41) is 11.7. The van der Waals surface area contributed by atoms with Crippen LogP contribution in [0.3, 0.4) is 0 Å². The molecule has 2 atom stereocenters. The quantitative estimate of drug-likeness (QED) is 0.618. The van der Waals surface area contributed by atoms with Crippen LogP contribution in [0, 0.1) is 0 Å². The van der Waals surface area contributed by atoms with Crippen molar-refractivity contribution in [1.82, 2.24) is 14.3 Å². The Labute approximate surface area is 117 Å². The average Bonchev–Trinajstić information content (AvgIpc) is 2.41. The van der Waals surface area contributed by atoms with Crippen LogP contribution in [0.2, 0.25) is 0 Å². The van der Waals surface area contributed by atoms with Crippen LogP contribution in [0.5, 0.6) is 0 Å². The molecule has 9 heteroatoms. The van der Waals surface area contributed by atoms with Crippen LogP contribution >= 0.6 is 0 Å². The highest BCUT2D eigenvalue weighted by Gasteiger charge is 2.39. The first-order valence-electron chi connectivity index (χ1n) is 6.71. The second-order valence-corrected chi connectivity index (χ2v) is 6.72. The van der Waals surface area contributed by atoms with Gasteiger partial charge in [0.05, 0.1) is 0 Å². The largest absolute Gasteiger partial charge is 0.480 e. The Morgan fingerprint density at radius 1 is 1.30 bits per heavy atom. The van der Waals surface area contributed by atoms with Crippen LogP contribution in [0.25, 0.3) is 0 Å². The first kappa shape index (κ1) is 15.2. The van der Waals surface area contributed by atoms with Crippen molar-refractivity contribution in [2.24, 2.45) is 0 Å². The third kappa shape index (κ3) is 3.28. The fourth-order valence-electron chi connectivity index (χ4n) is 2.57. The molecule has 0 aliphatic carbocycles. The van der Waals surface area contributed by atoms with Gasteiger partial charge in [-0.05, 0) is 32.1 Å². The number of carbonyl (C=O) groups excluding carboxylic acids is 1. The molecule has 0 spiro atoms. The molecule has 114 valence electrons. The standard InChI is InChI=1S/C11H19N3O5S/c15-10-8(4-3-6-12-10)13-20(18,19)14-7-2-1-5-9(14)11(16)17/h8-9,13H,1-7H2,(H,12,15)(H,16,17). The van der Waals surface area contributed by atoms with E-state index < -0.39 is 28.3 Å². The second kappa shape index (κ2) is 6.06. The predicted octanol–water partition coefficient (Wildman–Crippen LogP) is -0.961. The molecule has 0 radical (unpaired) electrons. The SMILES string of the molecule is O=C1NCCCC1NS(=O)(=O)N1CCCCC1C(=O)O. The van der Waals surface area contributed by atoms with Crippen LogP contribution in [0.4, 0.5) is 0 Å². The van der Waals surface area contributed by atoms with E-state index in [1.54, 1.807) is 0 Å². The van der Waals surface area contributed by atoms with E-state index in [-0.39, 0.29) is 12.5 Å². The third-order valence-corrected chi connectivity index (χ3v) is 5.26. The molecule has 1 amide bonds. The normalized spacial score (nSPS) is 28.9. The van der Waals surface area contributed by atoms with Crippen molar-refractivity contribution < 1.29 is 23.1 Å². The van der Waals surface area contributed by atoms with Crippen LogP contribution in [0.15, 0.2) is 0 Å². The van der Waals surface area contributed by atoms with Gasteiger partial charge >= 0.3 is 5.97 Å². The summed E-state index contributed by atoms with van der Waals surface area (Å²) in [5.74, 6) is -1.51. The Morgan fingerprint density at radius 2 is 2.05 bits per heavy atom. The van der Waals surface area contributed by atoms with E-state index in [0.29, 0.717) is 38.6 Å². The Bertz CT molecular complexity index is 492. The minimum atomic E-state index is -3.97. The lowest BCUT2D eigenvalue weighted by Gasteiger charge is -2.33. The summed E-state index contributed by atoms with van der Waals surface area (Å²) in [5.41, 5.74) is 0. The summed E-state index contributed by atoms with van der Waals surface area (Å²) >= 11 is 0. The highest BCUT2D eigenvalue weighted by Crippen LogP contribution is 2.20. The van der Waals surface area contributed by atoms with E-state index in [4.69, 9.17) is 5.11 Å². The number of nitrogens with zero attached hydrogens (tertiary/aromatic N) is 1. The highest BCUT2D eigenvalue weighted by molar-refractivity contribution is 7.87. The Hall–Kier alpha value is -1.19. The van der Waals surface area contributed by atoms with Crippen molar-refractivity contribution in [2.45, 2.75) is 44.2 Å². The Morgan fingerprint density at radius 3 is 2.70 bits per heavy atom. The van der Waals surface area contributed by atoms with Crippen molar-refractivity contribution in [1.29, 1.82) is 0 Å². The molecule has 2 saturated heterocycles. The van der Waals surface area contributed by atoms with Gasteiger partial charge in [-0.25, -0.2) is 0 Å². The molecular formula is C11H19N3O5S. The molecule has 2 heterocycles. The number of carboxylic acids is 1. The molecule has 2 fully saturated rings. The average molecular weight is 305 g/mol. The number of amides is 1. The minimum absolute atomic E-state index is 0.167. The monoisotopic (exact) mass is 305 g/mol. The molecular weight excluding hydrogens is 286 g/mol. The lowest BCUT2D eigenvalue weighted by atomic mass is 10.1. The first-order valence-corrected chi connectivity index (χ1v) is 8.15. The number of carboxylic acid groups (broad SMARTS) is 1.